The summed E-state index contributed by atoms with van der Waals surface area (Å²) in [6.45, 7) is 1.65. The van der Waals surface area contributed by atoms with Crippen LogP contribution in [-0.2, 0) is 4.57 Å². The Kier molecular flexibility index (Phi) is 5.00. The third-order valence-corrected chi connectivity index (χ3v) is 2.30. The van der Waals surface area contributed by atoms with Gasteiger partial charge in [-0.25, -0.2) is 0 Å². The predicted molar refractivity (Wildman–Crippen MR) is 50.1 cm³/mol. The van der Waals surface area contributed by atoms with Gasteiger partial charge in [0.1, 0.15) is 5.31 Å². The van der Waals surface area contributed by atoms with E-state index >= 15 is 0 Å². The molecule has 0 bridgehead atoms. The zero-order valence-electron chi connectivity index (χ0n) is 7.77. The van der Waals surface area contributed by atoms with Crippen molar-refractivity contribution in [2.24, 2.45) is 0 Å². The van der Waals surface area contributed by atoms with Crippen molar-refractivity contribution in [1.29, 1.82) is 0 Å². The first kappa shape index (κ1) is 14.2. The van der Waals surface area contributed by atoms with E-state index in [1.807, 2.05) is 0 Å². The van der Waals surface area contributed by atoms with Gasteiger partial charge in [-0.2, -0.15) is 13.2 Å². The molecule has 0 aromatic carbocycles. The normalized spacial score (nSPS) is 15.5. The summed E-state index contributed by atoms with van der Waals surface area (Å²) >= 11 is 0. The van der Waals surface area contributed by atoms with Crippen molar-refractivity contribution in [3.8, 4) is 0 Å². The number of hydrogen-bond acceptors (Lipinski definition) is 1. The maximum absolute atomic E-state index is 12.1. The molecule has 0 aromatic rings. The summed E-state index contributed by atoms with van der Waals surface area (Å²) in [4.78, 5) is 16.9. The Morgan fingerprint density at radius 1 is 1.20 bits per heavy atom. The smallest absolute Gasteiger partial charge is 0.321 e. The van der Waals surface area contributed by atoms with Gasteiger partial charge in [0.05, 0.1) is 0 Å². The summed E-state index contributed by atoms with van der Waals surface area (Å²) in [7, 11) is -5.29. The van der Waals surface area contributed by atoms with Gasteiger partial charge in [-0.15, -0.1) is 0 Å². The van der Waals surface area contributed by atoms with Crippen molar-refractivity contribution in [3.05, 3.63) is 35.7 Å². The Labute approximate surface area is 84.8 Å². The Morgan fingerprint density at radius 2 is 1.73 bits per heavy atom. The van der Waals surface area contributed by atoms with Crippen molar-refractivity contribution in [1.82, 2.24) is 0 Å². The maximum atomic E-state index is 12.1. The molecule has 0 atom stereocenters. The number of rotatable bonds is 3. The molecule has 0 aliphatic carbocycles. The second-order valence-corrected chi connectivity index (χ2v) is 4.07. The largest absolute Gasteiger partial charge is 0.424 e. The van der Waals surface area contributed by atoms with Crippen LogP contribution < -0.4 is 0 Å². The molecule has 0 amide bonds. The highest BCUT2D eigenvalue weighted by Crippen LogP contribution is 2.52. The van der Waals surface area contributed by atoms with Gasteiger partial charge in [-0.1, -0.05) is 24.3 Å². The fourth-order valence-corrected chi connectivity index (χ4v) is 1.29. The fourth-order valence-electron chi connectivity index (χ4n) is 0.679. The van der Waals surface area contributed by atoms with E-state index in [-0.39, 0.29) is 0 Å². The molecule has 0 rings (SSSR count). The van der Waals surface area contributed by atoms with Crippen LogP contribution in [0.2, 0.25) is 0 Å². The van der Waals surface area contributed by atoms with E-state index in [1.54, 1.807) is 13.0 Å². The minimum Gasteiger partial charge on any atom is -0.321 e. The number of hydrogen-bond donors (Lipinski definition) is 2. The molecule has 86 valence electrons. The van der Waals surface area contributed by atoms with Crippen LogP contribution in [0.5, 0.6) is 0 Å². The average molecular weight is 242 g/mol. The first-order valence-electron chi connectivity index (χ1n) is 3.82. The lowest BCUT2D eigenvalue weighted by molar-refractivity contribution is -0.0863. The van der Waals surface area contributed by atoms with Crippen LogP contribution in [0.1, 0.15) is 6.92 Å². The van der Waals surface area contributed by atoms with Crippen molar-refractivity contribution in [3.63, 3.8) is 0 Å². The first-order chi connectivity index (χ1) is 6.69. The predicted octanol–water partition coefficient (Wildman–Crippen LogP) is 2.74. The maximum Gasteiger partial charge on any atom is 0.424 e. The lowest BCUT2D eigenvalue weighted by Crippen LogP contribution is -2.11. The summed E-state index contributed by atoms with van der Waals surface area (Å²) in [5.74, 6) is 0. The first-order valence-corrected chi connectivity index (χ1v) is 5.43. The van der Waals surface area contributed by atoms with Crippen LogP contribution in [0.3, 0.4) is 0 Å². The molecule has 0 spiro atoms. The van der Waals surface area contributed by atoms with Crippen molar-refractivity contribution >= 4 is 7.60 Å². The van der Waals surface area contributed by atoms with Gasteiger partial charge in [0, 0.05) is 0 Å². The van der Waals surface area contributed by atoms with E-state index in [2.05, 4.69) is 0 Å². The van der Waals surface area contributed by atoms with Crippen molar-refractivity contribution in [2.45, 2.75) is 13.1 Å². The van der Waals surface area contributed by atoms with Crippen molar-refractivity contribution < 1.29 is 27.5 Å². The van der Waals surface area contributed by atoms with Gasteiger partial charge < -0.3 is 9.79 Å². The van der Waals surface area contributed by atoms with Crippen LogP contribution in [0, 0.1) is 0 Å². The monoisotopic (exact) mass is 242 g/mol. The summed E-state index contributed by atoms with van der Waals surface area (Å²) in [5, 5.41) is -1.85. The Balaban J connectivity index is 5.07. The zero-order chi connectivity index (χ0) is 12.1. The lowest BCUT2D eigenvalue weighted by Gasteiger charge is -2.11. The minimum absolute atomic E-state index is 0.362. The number of alkyl halides is 3. The van der Waals surface area contributed by atoms with E-state index in [9.17, 15) is 17.7 Å². The van der Waals surface area contributed by atoms with Gasteiger partial charge >= 0.3 is 13.8 Å². The molecule has 0 heterocycles. The lowest BCUT2D eigenvalue weighted by atomic mass is 10.4. The molecular formula is C8H10F3O3P. The molecule has 0 fully saturated rings. The molecule has 0 aromatic heterocycles. The third kappa shape index (κ3) is 5.57. The van der Waals surface area contributed by atoms with E-state index in [0.29, 0.717) is 6.08 Å². The topological polar surface area (TPSA) is 57.5 Å². The van der Waals surface area contributed by atoms with Crippen LogP contribution in [0.15, 0.2) is 35.7 Å². The molecule has 0 unspecified atom stereocenters. The van der Waals surface area contributed by atoms with Gasteiger partial charge in [-0.3, -0.25) is 4.57 Å². The summed E-state index contributed by atoms with van der Waals surface area (Å²) in [5.41, 5.74) is 0. The molecule has 2 N–H and O–H groups in total. The molecule has 0 saturated carbocycles. The molecule has 15 heavy (non-hydrogen) atoms. The molecule has 3 nitrogen and oxygen atoms in total. The van der Waals surface area contributed by atoms with Crippen LogP contribution in [-0.4, -0.2) is 16.0 Å². The molecule has 0 radical (unpaired) electrons. The summed E-state index contributed by atoms with van der Waals surface area (Å²) in [6, 6.07) is 0. The van der Waals surface area contributed by atoms with Crippen LogP contribution >= 0.6 is 7.60 Å². The van der Waals surface area contributed by atoms with Gasteiger partial charge in [0.25, 0.3) is 0 Å². The summed E-state index contributed by atoms with van der Waals surface area (Å²) < 4.78 is 46.8. The molecule has 7 heteroatoms. The van der Waals surface area contributed by atoms with E-state index < -0.39 is 19.1 Å². The highest BCUT2D eigenvalue weighted by Gasteiger charge is 2.44. The minimum atomic E-state index is -5.29. The highest BCUT2D eigenvalue weighted by molar-refractivity contribution is 7.56. The zero-order valence-corrected chi connectivity index (χ0v) is 8.66. The Hall–Kier alpha value is -0.840. The molecule has 0 aliphatic heterocycles. The van der Waals surface area contributed by atoms with E-state index in [0.717, 1.165) is 6.08 Å². The van der Waals surface area contributed by atoms with Gasteiger partial charge in [0.2, 0.25) is 0 Å². The molecule has 0 aliphatic rings. The number of allylic oxidation sites excluding steroid dienone is 6. The Bertz CT molecular complexity index is 336. The SMILES string of the molecule is CC=C/C=C/C=C(\C(F)(F)F)P(=O)(O)O. The van der Waals surface area contributed by atoms with E-state index in [4.69, 9.17) is 9.79 Å². The van der Waals surface area contributed by atoms with Gasteiger partial charge in [-0.05, 0) is 13.0 Å². The highest BCUT2D eigenvalue weighted by atomic mass is 31.2. The standard InChI is InChI=1S/C8H10F3O3P/c1-2-3-4-5-6-7(8(9,10)11)15(12,13)14/h2-6H,1H3,(H2,12,13,14)/b3-2?,5-4+,7-6+. The van der Waals surface area contributed by atoms with Crippen LogP contribution in [0.25, 0.3) is 0 Å². The second kappa shape index (κ2) is 5.30. The fraction of sp³-hybridized carbons (Fsp3) is 0.250. The average Bonchev–Trinajstić information content (AvgIpc) is 1.99. The van der Waals surface area contributed by atoms with Gasteiger partial charge in [0.15, 0.2) is 0 Å². The molecule has 0 saturated heterocycles. The number of halogens is 3. The second-order valence-electron chi connectivity index (χ2n) is 2.50. The van der Waals surface area contributed by atoms with E-state index in [1.165, 1.54) is 12.2 Å². The molecular weight excluding hydrogens is 232 g/mol. The summed E-state index contributed by atoms with van der Waals surface area (Å²) in [6.07, 6.45) is 0.489. The quantitative estimate of drug-likeness (QED) is 0.591. The third-order valence-electron chi connectivity index (χ3n) is 1.27. The van der Waals surface area contributed by atoms with Crippen LogP contribution in [0.4, 0.5) is 13.2 Å². The Morgan fingerprint density at radius 3 is 2.07 bits per heavy atom. The van der Waals surface area contributed by atoms with Crippen molar-refractivity contribution in [2.75, 3.05) is 0 Å².